The van der Waals surface area contributed by atoms with Crippen LogP contribution in [0.5, 0.6) is 0 Å². The van der Waals surface area contributed by atoms with Gasteiger partial charge in [-0.05, 0) is 45.1 Å². The predicted molar refractivity (Wildman–Crippen MR) is 130 cm³/mol. The first-order valence-electron chi connectivity index (χ1n) is 12.5. The van der Waals surface area contributed by atoms with Gasteiger partial charge in [0, 0.05) is 55.5 Å². The summed E-state index contributed by atoms with van der Waals surface area (Å²) in [6.07, 6.45) is 6.39. The second-order valence-corrected chi connectivity index (χ2v) is 11.3. The number of piperazine rings is 1. The molecule has 0 radical (unpaired) electrons. The molecule has 0 bridgehead atoms. The first-order chi connectivity index (χ1) is 16.1. The average Bonchev–Trinajstić information content (AvgIpc) is 3.51. The number of aliphatic imine (C=N–C) groups is 1. The van der Waals surface area contributed by atoms with Crippen LogP contribution in [0.4, 0.5) is 0 Å². The van der Waals surface area contributed by atoms with Crippen LogP contribution in [0.2, 0.25) is 0 Å². The maximum absolute atomic E-state index is 13.1. The van der Waals surface area contributed by atoms with Crippen molar-refractivity contribution >= 4 is 17.3 Å². The lowest BCUT2D eigenvalue weighted by molar-refractivity contribution is -0.139. The number of carbonyl (C=O) groups is 1. The van der Waals surface area contributed by atoms with Crippen LogP contribution in [-0.2, 0) is 16.1 Å². The normalized spacial score (nSPS) is 29.9. The highest BCUT2D eigenvalue weighted by Gasteiger charge is 2.50. The molecule has 1 saturated carbocycles. The van der Waals surface area contributed by atoms with Crippen LogP contribution in [0.1, 0.15) is 53.9 Å². The van der Waals surface area contributed by atoms with Gasteiger partial charge in [0.25, 0.3) is 0 Å². The lowest BCUT2D eigenvalue weighted by Crippen LogP contribution is -2.65. The minimum atomic E-state index is -0.710. The third-order valence-corrected chi connectivity index (χ3v) is 7.85. The molecule has 34 heavy (non-hydrogen) atoms. The summed E-state index contributed by atoms with van der Waals surface area (Å²) in [6.45, 7) is 13.4. The van der Waals surface area contributed by atoms with Gasteiger partial charge in [-0.25, -0.2) is 4.68 Å². The Labute approximate surface area is 201 Å². The fourth-order valence-corrected chi connectivity index (χ4v) is 5.61. The van der Waals surface area contributed by atoms with Gasteiger partial charge in [0.05, 0.1) is 24.1 Å². The van der Waals surface area contributed by atoms with E-state index in [1.165, 1.54) is 12.8 Å². The second-order valence-electron chi connectivity index (χ2n) is 11.3. The molecular weight excluding hydrogens is 430 g/mol. The molecule has 3 aliphatic heterocycles. The Morgan fingerprint density at radius 1 is 1.24 bits per heavy atom. The van der Waals surface area contributed by atoms with E-state index in [0.29, 0.717) is 37.9 Å². The average molecular weight is 468 g/mol. The smallest absolute Gasteiger partial charge is 0.244 e. The third kappa shape index (κ3) is 4.13. The standard InChI is InChI=1S/C25H37N7O2/c1-16(2)20-13-30(10-11-32(20)21(33)14-31-9-8-27-29-31)25(5)23(26)18-12-24(3,4)34-15-19(18)22(28-25)17-6-7-17/h8-9,16-17,20,26H,6-7,10-15H2,1-5H3. The van der Waals surface area contributed by atoms with Crippen LogP contribution in [0.25, 0.3) is 0 Å². The Bertz CT molecular complexity index is 1040. The Kier molecular flexibility index (Phi) is 5.75. The molecule has 4 aliphatic rings. The molecule has 1 aliphatic carbocycles. The fourth-order valence-electron chi connectivity index (χ4n) is 5.61. The monoisotopic (exact) mass is 467 g/mol. The van der Waals surface area contributed by atoms with Gasteiger partial charge in [-0.3, -0.25) is 14.7 Å². The lowest BCUT2D eigenvalue weighted by atomic mass is 9.79. The summed E-state index contributed by atoms with van der Waals surface area (Å²) >= 11 is 0. The Hall–Kier alpha value is -2.39. The molecule has 4 heterocycles. The van der Waals surface area contributed by atoms with Crippen molar-refractivity contribution in [3.63, 3.8) is 0 Å². The molecule has 1 N–H and O–H groups in total. The molecule has 2 atom stereocenters. The van der Waals surface area contributed by atoms with Crippen molar-refractivity contribution in [3.05, 3.63) is 23.5 Å². The highest BCUT2D eigenvalue weighted by molar-refractivity contribution is 6.18. The molecule has 1 aromatic heterocycles. The minimum absolute atomic E-state index is 0.0514. The second kappa shape index (κ2) is 8.37. The molecule has 184 valence electrons. The third-order valence-electron chi connectivity index (χ3n) is 7.85. The number of amides is 1. The summed E-state index contributed by atoms with van der Waals surface area (Å²) in [5.41, 5.74) is 3.07. The fraction of sp³-hybridized carbons (Fsp3) is 0.720. The van der Waals surface area contributed by atoms with Gasteiger partial charge in [-0.1, -0.05) is 19.1 Å². The van der Waals surface area contributed by atoms with E-state index in [1.807, 2.05) is 4.90 Å². The highest BCUT2D eigenvalue weighted by atomic mass is 16.5. The molecule has 0 aromatic carbocycles. The summed E-state index contributed by atoms with van der Waals surface area (Å²) in [5, 5.41) is 17.1. The van der Waals surface area contributed by atoms with E-state index >= 15 is 0 Å². The maximum atomic E-state index is 13.1. The highest BCUT2D eigenvalue weighted by Crippen LogP contribution is 2.44. The van der Waals surface area contributed by atoms with E-state index < -0.39 is 5.66 Å². The number of nitrogens with one attached hydrogen (secondary N) is 1. The number of aromatic nitrogens is 3. The SMILES string of the molecule is CC(C)C1CN(C2(C)N=C(C3CC3)C3=C(CC(C)(C)OC3)C2=N)CCN1C(=O)Cn1ccnn1. The zero-order chi connectivity index (χ0) is 24.3. The molecule has 2 unspecified atom stereocenters. The summed E-state index contributed by atoms with van der Waals surface area (Å²) in [4.78, 5) is 22.8. The zero-order valence-corrected chi connectivity index (χ0v) is 21.0. The molecule has 1 amide bonds. The number of rotatable bonds is 5. The van der Waals surface area contributed by atoms with Gasteiger partial charge in [-0.15, -0.1) is 5.10 Å². The minimum Gasteiger partial charge on any atom is -0.370 e. The Balaban J connectivity index is 1.41. The van der Waals surface area contributed by atoms with Crippen molar-refractivity contribution in [2.24, 2.45) is 16.8 Å². The first-order valence-corrected chi connectivity index (χ1v) is 12.5. The first kappa shape index (κ1) is 23.4. The van der Waals surface area contributed by atoms with Crippen molar-refractivity contribution in [1.29, 1.82) is 5.41 Å². The number of hydrogen-bond donors (Lipinski definition) is 1. The predicted octanol–water partition coefficient (Wildman–Crippen LogP) is 2.54. The van der Waals surface area contributed by atoms with Crippen LogP contribution in [0, 0.1) is 17.2 Å². The molecule has 1 aromatic rings. The van der Waals surface area contributed by atoms with Gasteiger partial charge >= 0.3 is 0 Å². The van der Waals surface area contributed by atoms with Crippen molar-refractivity contribution in [2.75, 3.05) is 26.2 Å². The van der Waals surface area contributed by atoms with E-state index in [2.05, 4.69) is 49.8 Å². The maximum Gasteiger partial charge on any atom is 0.244 e. The van der Waals surface area contributed by atoms with Crippen molar-refractivity contribution < 1.29 is 9.53 Å². The van der Waals surface area contributed by atoms with Crippen molar-refractivity contribution in [2.45, 2.75) is 77.7 Å². The van der Waals surface area contributed by atoms with E-state index in [4.69, 9.17) is 9.73 Å². The Morgan fingerprint density at radius 2 is 2.00 bits per heavy atom. The van der Waals surface area contributed by atoms with Gasteiger partial charge in [0.15, 0.2) is 5.66 Å². The van der Waals surface area contributed by atoms with Crippen LogP contribution in [0.15, 0.2) is 28.5 Å². The van der Waals surface area contributed by atoms with Crippen LogP contribution < -0.4 is 0 Å². The van der Waals surface area contributed by atoms with Gasteiger partial charge in [0.1, 0.15) is 6.54 Å². The van der Waals surface area contributed by atoms with Gasteiger partial charge in [-0.2, -0.15) is 0 Å². The molecule has 9 heteroatoms. The van der Waals surface area contributed by atoms with E-state index in [9.17, 15) is 10.2 Å². The summed E-state index contributed by atoms with van der Waals surface area (Å²) in [7, 11) is 0. The summed E-state index contributed by atoms with van der Waals surface area (Å²) < 4.78 is 7.71. The summed E-state index contributed by atoms with van der Waals surface area (Å²) in [6, 6.07) is 0.0514. The Morgan fingerprint density at radius 3 is 2.65 bits per heavy atom. The van der Waals surface area contributed by atoms with E-state index in [0.717, 1.165) is 23.3 Å². The molecule has 9 nitrogen and oxygen atoms in total. The molecule has 1 saturated heterocycles. The summed E-state index contributed by atoms with van der Waals surface area (Å²) in [5.74, 6) is 0.840. The molecule has 0 spiro atoms. The molecular formula is C25H37N7O2. The number of dihydropyridines is 1. The molecule has 5 rings (SSSR count). The topological polar surface area (TPSA) is 99.7 Å². The zero-order valence-electron chi connectivity index (χ0n) is 21.0. The van der Waals surface area contributed by atoms with Gasteiger partial charge < -0.3 is 15.0 Å². The lowest BCUT2D eigenvalue weighted by Gasteiger charge is -2.51. The number of carbonyl (C=O) groups excluding carboxylic acids is 1. The van der Waals surface area contributed by atoms with Crippen LogP contribution in [-0.4, -0.2) is 85.7 Å². The number of nitrogens with zero attached hydrogens (tertiary/aromatic N) is 6. The van der Waals surface area contributed by atoms with Crippen LogP contribution >= 0.6 is 0 Å². The molecule has 2 fully saturated rings. The number of hydrogen-bond acceptors (Lipinski definition) is 7. The van der Waals surface area contributed by atoms with Crippen molar-refractivity contribution in [3.8, 4) is 0 Å². The van der Waals surface area contributed by atoms with E-state index in [1.54, 1.807) is 17.1 Å². The van der Waals surface area contributed by atoms with Crippen LogP contribution in [0.3, 0.4) is 0 Å². The van der Waals surface area contributed by atoms with Crippen molar-refractivity contribution in [1.82, 2.24) is 24.8 Å². The van der Waals surface area contributed by atoms with Gasteiger partial charge in [0.2, 0.25) is 5.91 Å². The van der Waals surface area contributed by atoms with E-state index in [-0.39, 0.29) is 30.0 Å². The largest absolute Gasteiger partial charge is 0.370 e. The number of ether oxygens (including phenoxy) is 1. The quantitative estimate of drug-likeness (QED) is 0.717.